The summed E-state index contributed by atoms with van der Waals surface area (Å²) in [6.07, 6.45) is 1.96. The summed E-state index contributed by atoms with van der Waals surface area (Å²) in [5.41, 5.74) is 6.99. The van der Waals surface area contributed by atoms with Crippen molar-refractivity contribution >= 4 is 28.6 Å². The molecule has 0 aliphatic heterocycles. The third kappa shape index (κ3) is 4.96. The van der Waals surface area contributed by atoms with Crippen LogP contribution in [0, 0.1) is 13.8 Å². The summed E-state index contributed by atoms with van der Waals surface area (Å²) in [5.74, 6) is 0.439. The van der Waals surface area contributed by atoms with Gasteiger partial charge in [0.1, 0.15) is 5.52 Å². The molecular formula is C29H24ClN3O2. The van der Waals surface area contributed by atoms with E-state index < -0.39 is 0 Å². The van der Waals surface area contributed by atoms with Crippen LogP contribution in [0.3, 0.4) is 0 Å². The van der Waals surface area contributed by atoms with Crippen LogP contribution >= 0.6 is 11.6 Å². The molecule has 5 nitrogen and oxygen atoms in total. The van der Waals surface area contributed by atoms with Crippen molar-refractivity contribution in [2.45, 2.75) is 26.3 Å². The van der Waals surface area contributed by atoms with Gasteiger partial charge in [0, 0.05) is 16.9 Å². The fourth-order valence-corrected chi connectivity index (χ4v) is 4.48. The van der Waals surface area contributed by atoms with Crippen LogP contribution in [-0.2, 0) is 11.2 Å². The lowest BCUT2D eigenvalue weighted by Crippen LogP contribution is -2.31. The summed E-state index contributed by atoms with van der Waals surface area (Å²) >= 11 is 6.17. The van der Waals surface area contributed by atoms with E-state index in [1.165, 1.54) is 0 Å². The van der Waals surface area contributed by atoms with Gasteiger partial charge in [-0.25, -0.2) is 4.98 Å². The number of nitrogens with zero attached hydrogens (tertiary/aromatic N) is 2. The number of carbonyl (C=O) groups excluding carboxylic acids is 1. The Morgan fingerprint density at radius 1 is 1.00 bits per heavy atom. The van der Waals surface area contributed by atoms with E-state index in [2.05, 4.69) is 15.3 Å². The van der Waals surface area contributed by atoms with E-state index >= 15 is 0 Å². The number of carbonyl (C=O) groups is 1. The number of benzene rings is 3. The molecule has 2 heterocycles. The number of pyridine rings is 1. The SMILES string of the molecule is Cc1cc(Cl)ccc1C(NC(=O)Cc1ccc2oc(-c3cccnc3C)nc2c1)c1ccccc1. The molecule has 1 atom stereocenters. The molecule has 0 aliphatic rings. The Labute approximate surface area is 208 Å². The monoisotopic (exact) mass is 481 g/mol. The number of halogens is 1. The number of oxazole rings is 1. The molecule has 0 bridgehead atoms. The van der Waals surface area contributed by atoms with Crippen molar-refractivity contribution in [1.29, 1.82) is 0 Å². The van der Waals surface area contributed by atoms with Gasteiger partial charge in [-0.2, -0.15) is 0 Å². The second-order valence-electron chi connectivity index (χ2n) is 8.55. The van der Waals surface area contributed by atoms with Gasteiger partial charge in [-0.05, 0) is 72.5 Å². The van der Waals surface area contributed by atoms with Gasteiger partial charge in [-0.1, -0.05) is 54.1 Å². The van der Waals surface area contributed by atoms with Gasteiger partial charge in [0.15, 0.2) is 5.58 Å². The normalized spacial score (nSPS) is 12.0. The van der Waals surface area contributed by atoms with Gasteiger partial charge < -0.3 is 9.73 Å². The first-order valence-electron chi connectivity index (χ1n) is 11.4. The summed E-state index contributed by atoms with van der Waals surface area (Å²) in [6.45, 7) is 3.93. The van der Waals surface area contributed by atoms with Crippen molar-refractivity contribution < 1.29 is 9.21 Å². The fraction of sp³-hybridized carbons (Fsp3) is 0.138. The van der Waals surface area contributed by atoms with E-state index in [4.69, 9.17) is 16.0 Å². The summed E-state index contributed by atoms with van der Waals surface area (Å²) in [4.78, 5) is 22.1. The molecule has 174 valence electrons. The van der Waals surface area contributed by atoms with Crippen molar-refractivity contribution in [3.63, 3.8) is 0 Å². The molecule has 35 heavy (non-hydrogen) atoms. The highest BCUT2D eigenvalue weighted by atomic mass is 35.5. The first-order valence-corrected chi connectivity index (χ1v) is 11.8. The van der Waals surface area contributed by atoms with Crippen LogP contribution in [0.15, 0.2) is 89.5 Å². The number of aromatic nitrogens is 2. The Balaban J connectivity index is 1.39. The third-order valence-corrected chi connectivity index (χ3v) is 6.27. The summed E-state index contributed by atoms with van der Waals surface area (Å²) < 4.78 is 5.94. The second kappa shape index (κ2) is 9.72. The van der Waals surface area contributed by atoms with Gasteiger partial charge in [0.2, 0.25) is 11.8 Å². The van der Waals surface area contributed by atoms with E-state index in [1.54, 1.807) is 6.20 Å². The molecule has 1 N–H and O–H groups in total. The number of rotatable bonds is 6. The number of nitrogens with one attached hydrogen (secondary N) is 1. The van der Waals surface area contributed by atoms with E-state index in [9.17, 15) is 4.79 Å². The molecule has 2 aromatic heterocycles. The Morgan fingerprint density at radius 3 is 2.60 bits per heavy atom. The minimum atomic E-state index is -0.281. The zero-order valence-electron chi connectivity index (χ0n) is 19.5. The highest BCUT2D eigenvalue weighted by Gasteiger charge is 2.19. The van der Waals surface area contributed by atoms with Crippen molar-refractivity contribution in [3.05, 3.63) is 118 Å². The highest BCUT2D eigenvalue weighted by Crippen LogP contribution is 2.28. The summed E-state index contributed by atoms with van der Waals surface area (Å²) in [6, 6.07) is 24.9. The van der Waals surface area contributed by atoms with Gasteiger partial charge in [-0.3, -0.25) is 9.78 Å². The average molecular weight is 482 g/mol. The molecule has 0 saturated carbocycles. The second-order valence-corrected chi connectivity index (χ2v) is 8.98. The van der Waals surface area contributed by atoms with E-state index in [-0.39, 0.29) is 18.4 Å². The van der Waals surface area contributed by atoms with E-state index in [0.29, 0.717) is 22.0 Å². The minimum Gasteiger partial charge on any atom is -0.436 e. The third-order valence-electron chi connectivity index (χ3n) is 6.04. The predicted molar refractivity (Wildman–Crippen MR) is 138 cm³/mol. The van der Waals surface area contributed by atoms with Crippen LogP contribution in [0.4, 0.5) is 0 Å². The van der Waals surface area contributed by atoms with Gasteiger partial charge >= 0.3 is 0 Å². The Morgan fingerprint density at radius 2 is 1.83 bits per heavy atom. The number of hydrogen-bond donors (Lipinski definition) is 1. The molecule has 0 saturated heterocycles. The van der Waals surface area contributed by atoms with Crippen LogP contribution in [-0.4, -0.2) is 15.9 Å². The largest absolute Gasteiger partial charge is 0.436 e. The van der Waals surface area contributed by atoms with Crippen LogP contribution < -0.4 is 5.32 Å². The highest BCUT2D eigenvalue weighted by molar-refractivity contribution is 6.30. The predicted octanol–water partition coefficient (Wildman–Crippen LogP) is 6.61. The summed E-state index contributed by atoms with van der Waals surface area (Å²) in [7, 11) is 0. The smallest absolute Gasteiger partial charge is 0.229 e. The minimum absolute atomic E-state index is 0.0839. The Kier molecular flexibility index (Phi) is 6.34. The van der Waals surface area contributed by atoms with Crippen LogP contribution in [0.1, 0.15) is 34.0 Å². The Bertz CT molecular complexity index is 1510. The molecule has 1 amide bonds. The standard InChI is InChI=1S/C29H24ClN3O2/c1-18-15-22(30)11-12-23(18)28(21-7-4-3-5-8-21)33-27(34)17-20-10-13-26-25(16-20)32-29(35-26)24-9-6-14-31-19(24)2/h3-16,28H,17H2,1-2H3,(H,33,34). The Hall–Kier alpha value is -3.96. The first kappa shape index (κ1) is 22.8. The molecule has 0 aliphatic carbocycles. The molecule has 1 unspecified atom stereocenters. The molecule has 5 aromatic rings. The van der Waals surface area contributed by atoms with Crippen molar-refractivity contribution in [3.8, 4) is 11.5 Å². The zero-order chi connectivity index (χ0) is 24.4. The maximum atomic E-state index is 13.2. The molecule has 6 heteroatoms. The van der Waals surface area contributed by atoms with Crippen LogP contribution in [0.25, 0.3) is 22.6 Å². The topological polar surface area (TPSA) is 68.0 Å². The van der Waals surface area contributed by atoms with E-state index in [1.807, 2.05) is 92.7 Å². The van der Waals surface area contributed by atoms with Crippen molar-refractivity contribution in [1.82, 2.24) is 15.3 Å². The maximum Gasteiger partial charge on any atom is 0.229 e. The first-order chi connectivity index (χ1) is 17.0. The van der Waals surface area contributed by atoms with Gasteiger partial charge in [0.05, 0.1) is 18.0 Å². The quantitative estimate of drug-likeness (QED) is 0.296. The molecule has 0 spiro atoms. The lowest BCUT2D eigenvalue weighted by molar-refractivity contribution is -0.120. The lowest BCUT2D eigenvalue weighted by atomic mass is 9.94. The van der Waals surface area contributed by atoms with Crippen LogP contribution in [0.5, 0.6) is 0 Å². The number of aryl methyl sites for hydroxylation is 2. The van der Waals surface area contributed by atoms with Crippen molar-refractivity contribution in [2.24, 2.45) is 0 Å². The molecule has 0 fully saturated rings. The lowest BCUT2D eigenvalue weighted by Gasteiger charge is -2.22. The molecule has 0 radical (unpaired) electrons. The van der Waals surface area contributed by atoms with Crippen LogP contribution in [0.2, 0.25) is 5.02 Å². The maximum absolute atomic E-state index is 13.2. The van der Waals surface area contributed by atoms with Gasteiger partial charge in [-0.15, -0.1) is 0 Å². The zero-order valence-corrected chi connectivity index (χ0v) is 20.2. The number of hydrogen-bond acceptors (Lipinski definition) is 4. The van der Waals surface area contributed by atoms with E-state index in [0.717, 1.165) is 33.5 Å². The number of amides is 1. The number of fused-ring (bicyclic) bond motifs is 1. The molecular weight excluding hydrogens is 458 g/mol. The summed E-state index contributed by atoms with van der Waals surface area (Å²) in [5, 5.41) is 3.88. The fourth-order valence-electron chi connectivity index (χ4n) is 4.26. The molecule has 3 aromatic carbocycles. The van der Waals surface area contributed by atoms with Crippen molar-refractivity contribution in [2.75, 3.05) is 0 Å². The molecule has 5 rings (SSSR count). The average Bonchev–Trinajstić information content (AvgIpc) is 3.27. The van der Waals surface area contributed by atoms with Gasteiger partial charge in [0.25, 0.3) is 0 Å².